The summed E-state index contributed by atoms with van der Waals surface area (Å²) < 4.78 is 0.822. The fourth-order valence-electron chi connectivity index (χ4n) is 3.20. The number of aliphatic hydroxyl groups is 1. The molecular formula is C15H21BrClNO. The first-order valence-electron chi connectivity index (χ1n) is 6.85. The second-order valence-electron chi connectivity index (χ2n) is 5.66. The lowest BCUT2D eigenvalue weighted by Crippen LogP contribution is -2.34. The van der Waals surface area contributed by atoms with E-state index in [2.05, 4.69) is 22.9 Å². The molecule has 4 heteroatoms. The number of benzene rings is 1. The summed E-state index contributed by atoms with van der Waals surface area (Å²) in [5.41, 5.74) is 6.72. The molecule has 0 saturated heterocycles. The van der Waals surface area contributed by atoms with Gasteiger partial charge in [-0.2, -0.15) is 0 Å². The van der Waals surface area contributed by atoms with Gasteiger partial charge in [-0.05, 0) is 58.8 Å². The normalized spacial score (nSPS) is 28.6. The van der Waals surface area contributed by atoms with E-state index in [1.54, 1.807) is 0 Å². The molecule has 19 heavy (non-hydrogen) atoms. The van der Waals surface area contributed by atoms with Crippen LogP contribution in [0.3, 0.4) is 0 Å². The van der Waals surface area contributed by atoms with E-state index in [9.17, 15) is 5.11 Å². The first kappa shape index (κ1) is 15.3. The Morgan fingerprint density at radius 1 is 1.58 bits per heavy atom. The fraction of sp³-hybridized carbons (Fsp3) is 0.600. The van der Waals surface area contributed by atoms with Crippen molar-refractivity contribution in [2.75, 3.05) is 6.54 Å². The number of aliphatic hydroxyl groups excluding tert-OH is 1. The zero-order chi connectivity index (χ0) is 14.0. The molecule has 3 unspecified atom stereocenters. The molecule has 3 atom stereocenters. The van der Waals surface area contributed by atoms with Gasteiger partial charge >= 0.3 is 0 Å². The van der Waals surface area contributed by atoms with E-state index in [0.29, 0.717) is 17.5 Å². The van der Waals surface area contributed by atoms with E-state index < -0.39 is 6.10 Å². The average Bonchev–Trinajstić information content (AvgIpc) is 2.86. The molecule has 1 aromatic carbocycles. The van der Waals surface area contributed by atoms with Gasteiger partial charge in [0, 0.05) is 16.4 Å². The first-order valence-corrected chi connectivity index (χ1v) is 8.02. The summed E-state index contributed by atoms with van der Waals surface area (Å²) >= 11 is 9.42. The molecular weight excluding hydrogens is 326 g/mol. The number of rotatable bonds is 4. The van der Waals surface area contributed by atoms with Crippen LogP contribution in [0.5, 0.6) is 0 Å². The smallest absolute Gasteiger partial charge is 0.0858 e. The number of nitrogens with two attached hydrogens (primary N) is 1. The zero-order valence-corrected chi connectivity index (χ0v) is 13.5. The molecule has 0 heterocycles. The minimum atomic E-state index is -0.511. The maximum Gasteiger partial charge on any atom is 0.0858 e. The maximum absolute atomic E-state index is 10.8. The van der Waals surface area contributed by atoms with Crippen LogP contribution >= 0.6 is 27.5 Å². The largest absolute Gasteiger partial charge is 0.388 e. The van der Waals surface area contributed by atoms with Crippen LogP contribution in [-0.4, -0.2) is 11.7 Å². The highest BCUT2D eigenvalue weighted by molar-refractivity contribution is 9.10. The third-order valence-corrected chi connectivity index (χ3v) is 5.78. The van der Waals surface area contributed by atoms with Crippen molar-refractivity contribution in [2.45, 2.75) is 38.7 Å². The van der Waals surface area contributed by atoms with Gasteiger partial charge < -0.3 is 10.8 Å². The van der Waals surface area contributed by atoms with Crippen LogP contribution in [0.2, 0.25) is 5.02 Å². The Balaban J connectivity index is 2.25. The minimum absolute atomic E-state index is 0.173. The second-order valence-corrected chi connectivity index (χ2v) is 6.92. The number of hydrogen-bond acceptors (Lipinski definition) is 2. The highest BCUT2D eigenvalue weighted by atomic mass is 79.9. The first-order chi connectivity index (χ1) is 9.02. The topological polar surface area (TPSA) is 46.2 Å². The van der Waals surface area contributed by atoms with Crippen molar-refractivity contribution < 1.29 is 5.11 Å². The molecule has 0 spiro atoms. The summed E-state index contributed by atoms with van der Waals surface area (Å²) in [6.45, 7) is 2.74. The van der Waals surface area contributed by atoms with Gasteiger partial charge in [0.15, 0.2) is 0 Å². The Bertz CT molecular complexity index is 454. The summed E-state index contributed by atoms with van der Waals surface area (Å²) in [6.07, 6.45) is 3.84. The predicted molar refractivity (Wildman–Crippen MR) is 83.2 cm³/mol. The lowest BCUT2D eigenvalue weighted by atomic mass is 9.76. The Morgan fingerprint density at radius 2 is 2.32 bits per heavy atom. The molecule has 1 aromatic rings. The van der Waals surface area contributed by atoms with Gasteiger partial charge in [-0.25, -0.2) is 0 Å². The van der Waals surface area contributed by atoms with Crippen molar-refractivity contribution in [3.63, 3.8) is 0 Å². The van der Waals surface area contributed by atoms with Crippen molar-refractivity contribution in [2.24, 2.45) is 17.1 Å². The number of hydrogen-bond donors (Lipinski definition) is 2. The van der Waals surface area contributed by atoms with Gasteiger partial charge in [0.05, 0.1) is 11.1 Å². The van der Waals surface area contributed by atoms with Crippen LogP contribution in [0, 0.1) is 11.3 Å². The molecule has 0 aliphatic heterocycles. The zero-order valence-electron chi connectivity index (χ0n) is 11.2. The molecule has 1 saturated carbocycles. The van der Waals surface area contributed by atoms with Crippen molar-refractivity contribution in [3.8, 4) is 0 Å². The van der Waals surface area contributed by atoms with E-state index in [1.807, 2.05) is 18.2 Å². The number of halogens is 2. The Labute approximate surface area is 128 Å². The molecule has 3 N–H and O–H groups in total. The monoisotopic (exact) mass is 345 g/mol. The van der Waals surface area contributed by atoms with E-state index >= 15 is 0 Å². The van der Waals surface area contributed by atoms with E-state index in [-0.39, 0.29) is 5.41 Å². The Kier molecular flexibility index (Phi) is 4.93. The molecule has 1 fully saturated rings. The molecule has 2 nitrogen and oxygen atoms in total. The van der Waals surface area contributed by atoms with Crippen molar-refractivity contribution in [1.82, 2.24) is 0 Å². The van der Waals surface area contributed by atoms with Gasteiger partial charge in [-0.3, -0.25) is 0 Å². The average molecular weight is 347 g/mol. The highest BCUT2D eigenvalue weighted by Crippen LogP contribution is 2.50. The quantitative estimate of drug-likeness (QED) is 0.854. The van der Waals surface area contributed by atoms with E-state index in [1.165, 1.54) is 12.8 Å². The molecule has 2 rings (SSSR count). The third kappa shape index (κ3) is 2.99. The second kappa shape index (κ2) is 6.13. The summed E-state index contributed by atoms with van der Waals surface area (Å²) in [7, 11) is 0. The van der Waals surface area contributed by atoms with Crippen molar-refractivity contribution >= 4 is 27.5 Å². The molecule has 0 amide bonds. The maximum atomic E-state index is 10.8. The summed E-state index contributed by atoms with van der Waals surface area (Å²) in [6, 6.07) is 5.62. The molecule has 0 aromatic heterocycles. The summed E-state index contributed by atoms with van der Waals surface area (Å²) in [5, 5.41) is 11.4. The summed E-state index contributed by atoms with van der Waals surface area (Å²) in [4.78, 5) is 0. The fourth-order valence-corrected chi connectivity index (χ4v) is 3.71. The van der Waals surface area contributed by atoms with Crippen LogP contribution in [0.15, 0.2) is 22.7 Å². The molecule has 0 bridgehead atoms. The van der Waals surface area contributed by atoms with Crippen LogP contribution in [0.1, 0.15) is 44.3 Å². The van der Waals surface area contributed by atoms with Gasteiger partial charge in [-0.1, -0.05) is 31.0 Å². The van der Waals surface area contributed by atoms with Crippen LogP contribution in [0.4, 0.5) is 0 Å². The molecule has 1 aliphatic rings. The standard InChI is InChI=1S/C15H21BrClNO/c1-2-10-5-6-15(8-10,9-18)14(19)11-3-4-13(17)12(16)7-11/h3-4,7,10,14,19H,2,5-6,8-9,18H2,1H3. The van der Waals surface area contributed by atoms with E-state index in [0.717, 1.165) is 22.9 Å². The molecule has 0 radical (unpaired) electrons. The lowest BCUT2D eigenvalue weighted by Gasteiger charge is -2.34. The molecule has 1 aliphatic carbocycles. The van der Waals surface area contributed by atoms with Gasteiger partial charge in [0.2, 0.25) is 0 Å². The van der Waals surface area contributed by atoms with Crippen LogP contribution < -0.4 is 5.73 Å². The SMILES string of the molecule is CCC1CCC(CN)(C(O)c2ccc(Cl)c(Br)c2)C1. The summed E-state index contributed by atoms with van der Waals surface area (Å²) in [5.74, 6) is 0.689. The van der Waals surface area contributed by atoms with E-state index in [4.69, 9.17) is 17.3 Å². The van der Waals surface area contributed by atoms with Crippen molar-refractivity contribution in [1.29, 1.82) is 0 Å². The minimum Gasteiger partial charge on any atom is -0.388 e. The van der Waals surface area contributed by atoms with Gasteiger partial charge in [0.1, 0.15) is 0 Å². The van der Waals surface area contributed by atoms with Gasteiger partial charge in [-0.15, -0.1) is 0 Å². The lowest BCUT2D eigenvalue weighted by molar-refractivity contribution is 0.0301. The third-order valence-electron chi connectivity index (χ3n) is 4.57. The predicted octanol–water partition coefficient (Wildman–Crippen LogP) is 4.29. The van der Waals surface area contributed by atoms with Crippen LogP contribution in [0.25, 0.3) is 0 Å². The van der Waals surface area contributed by atoms with Crippen LogP contribution in [-0.2, 0) is 0 Å². The molecule has 106 valence electrons. The Morgan fingerprint density at radius 3 is 2.84 bits per heavy atom. The van der Waals surface area contributed by atoms with Crippen molar-refractivity contribution in [3.05, 3.63) is 33.3 Å². The Hall–Kier alpha value is -0.0900. The van der Waals surface area contributed by atoms with Gasteiger partial charge in [0.25, 0.3) is 0 Å². The highest BCUT2D eigenvalue weighted by Gasteiger charge is 2.43.